The number of carbonyl (C=O) groups excluding carboxylic acids is 1. The van der Waals surface area contributed by atoms with Gasteiger partial charge >= 0.3 is 0 Å². The number of carbonyl (C=O) groups is 1. The van der Waals surface area contributed by atoms with E-state index in [9.17, 15) is 4.79 Å². The predicted molar refractivity (Wildman–Crippen MR) is 83.3 cm³/mol. The lowest BCUT2D eigenvalue weighted by molar-refractivity contribution is 0.0937. The molecule has 0 amide bonds. The van der Waals surface area contributed by atoms with Crippen LogP contribution in [-0.2, 0) is 0 Å². The number of aryl methyl sites for hydroxylation is 2. The maximum absolute atomic E-state index is 12.4. The molecule has 1 aliphatic heterocycles. The molecule has 0 aromatic heterocycles. The molecule has 0 radical (unpaired) electrons. The second-order valence-corrected chi connectivity index (χ2v) is 6.36. The minimum atomic E-state index is 0.236. The summed E-state index contributed by atoms with van der Waals surface area (Å²) in [7, 11) is 4.22. The van der Waals surface area contributed by atoms with Crippen molar-refractivity contribution in [2.24, 2.45) is 5.92 Å². The number of likely N-dealkylation sites (tertiary alicyclic amines) is 1. The van der Waals surface area contributed by atoms with E-state index in [4.69, 9.17) is 0 Å². The summed E-state index contributed by atoms with van der Waals surface area (Å²) in [5.41, 5.74) is 3.11. The van der Waals surface area contributed by atoms with Crippen molar-refractivity contribution in [1.82, 2.24) is 9.80 Å². The van der Waals surface area contributed by atoms with E-state index in [0.29, 0.717) is 12.5 Å². The monoisotopic (exact) mass is 274 g/mol. The van der Waals surface area contributed by atoms with Crippen molar-refractivity contribution in [1.29, 1.82) is 0 Å². The number of rotatable bonds is 5. The van der Waals surface area contributed by atoms with Gasteiger partial charge in [-0.1, -0.05) is 17.7 Å². The molecular formula is C17H26N2O. The van der Waals surface area contributed by atoms with Gasteiger partial charge in [0.2, 0.25) is 0 Å². The van der Waals surface area contributed by atoms with E-state index >= 15 is 0 Å². The first kappa shape index (κ1) is 15.2. The molecule has 110 valence electrons. The van der Waals surface area contributed by atoms with E-state index < -0.39 is 0 Å². The molecule has 20 heavy (non-hydrogen) atoms. The van der Waals surface area contributed by atoms with Crippen LogP contribution in [0.1, 0.15) is 27.9 Å². The third kappa shape index (κ3) is 3.90. The first-order valence-electron chi connectivity index (χ1n) is 7.43. The SMILES string of the molecule is Cc1ccc(C)c(C(=O)CN(C)CC2CCN(C)C2)c1. The van der Waals surface area contributed by atoms with Crippen molar-refractivity contribution in [2.45, 2.75) is 20.3 Å². The van der Waals surface area contributed by atoms with Crippen molar-refractivity contribution in [2.75, 3.05) is 40.3 Å². The Morgan fingerprint density at radius 2 is 2.15 bits per heavy atom. The van der Waals surface area contributed by atoms with Gasteiger partial charge in [0.05, 0.1) is 6.54 Å². The Morgan fingerprint density at radius 1 is 1.40 bits per heavy atom. The maximum Gasteiger partial charge on any atom is 0.177 e. The fraction of sp³-hybridized carbons (Fsp3) is 0.588. The second-order valence-electron chi connectivity index (χ2n) is 6.36. The lowest BCUT2D eigenvalue weighted by Crippen LogP contribution is -2.32. The summed E-state index contributed by atoms with van der Waals surface area (Å²) in [6, 6.07) is 6.10. The summed E-state index contributed by atoms with van der Waals surface area (Å²) in [5.74, 6) is 0.941. The molecule has 1 aromatic carbocycles. The van der Waals surface area contributed by atoms with Crippen LogP contribution < -0.4 is 0 Å². The average molecular weight is 274 g/mol. The van der Waals surface area contributed by atoms with Gasteiger partial charge in [0.1, 0.15) is 0 Å². The van der Waals surface area contributed by atoms with Gasteiger partial charge in [0.25, 0.3) is 0 Å². The van der Waals surface area contributed by atoms with Gasteiger partial charge in [-0.05, 0) is 58.5 Å². The summed E-state index contributed by atoms with van der Waals surface area (Å²) in [5, 5.41) is 0. The molecule has 0 aliphatic carbocycles. The Labute approximate surface area is 122 Å². The zero-order chi connectivity index (χ0) is 14.7. The van der Waals surface area contributed by atoms with Crippen LogP contribution in [0.25, 0.3) is 0 Å². The van der Waals surface area contributed by atoms with E-state index in [-0.39, 0.29) is 5.78 Å². The van der Waals surface area contributed by atoms with Crippen molar-refractivity contribution < 1.29 is 4.79 Å². The van der Waals surface area contributed by atoms with Crippen molar-refractivity contribution in [3.8, 4) is 0 Å². The number of hydrogen-bond donors (Lipinski definition) is 0. The van der Waals surface area contributed by atoms with E-state index in [1.54, 1.807) is 0 Å². The molecule has 1 heterocycles. The van der Waals surface area contributed by atoms with Crippen LogP contribution in [0.3, 0.4) is 0 Å². The Morgan fingerprint density at radius 3 is 2.80 bits per heavy atom. The number of likely N-dealkylation sites (N-methyl/N-ethyl adjacent to an activating group) is 1. The maximum atomic E-state index is 12.4. The first-order valence-corrected chi connectivity index (χ1v) is 7.43. The molecule has 1 fully saturated rings. The first-order chi connectivity index (χ1) is 9.45. The average Bonchev–Trinajstić information content (AvgIpc) is 2.77. The number of hydrogen-bond acceptors (Lipinski definition) is 3. The van der Waals surface area contributed by atoms with Gasteiger partial charge < -0.3 is 4.90 Å². The summed E-state index contributed by atoms with van der Waals surface area (Å²) < 4.78 is 0. The number of Topliss-reactive ketones (excluding diaryl/α,β-unsaturated/α-hetero) is 1. The number of benzene rings is 1. The minimum Gasteiger partial charge on any atom is -0.306 e. The minimum absolute atomic E-state index is 0.236. The third-order valence-electron chi connectivity index (χ3n) is 4.17. The summed E-state index contributed by atoms with van der Waals surface area (Å²) >= 11 is 0. The van der Waals surface area contributed by atoms with Crippen molar-refractivity contribution in [3.63, 3.8) is 0 Å². The van der Waals surface area contributed by atoms with Gasteiger partial charge in [0, 0.05) is 18.7 Å². The van der Waals surface area contributed by atoms with E-state index in [0.717, 1.165) is 29.8 Å². The van der Waals surface area contributed by atoms with E-state index in [1.807, 2.05) is 26.0 Å². The highest BCUT2D eigenvalue weighted by atomic mass is 16.1. The molecule has 0 spiro atoms. The van der Waals surface area contributed by atoms with Crippen LogP contribution in [0.4, 0.5) is 0 Å². The molecule has 1 aromatic rings. The molecule has 1 saturated heterocycles. The summed E-state index contributed by atoms with van der Waals surface area (Å²) in [6.45, 7) is 7.92. The van der Waals surface area contributed by atoms with Gasteiger partial charge in [-0.3, -0.25) is 9.69 Å². The van der Waals surface area contributed by atoms with Crippen LogP contribution in [-0.4, -0.2) is 55.9 Å². The molecular weight excluding hydrogens is 248 g/mol. The van der Waals surface area contributed by atoms with E-state index in [2.05, 4.69) is 30.0 Å². The Kier molecular flexibility index (Phi) is 4.95. The quantitative estimate of drug-likeness (QED) is 0.770. The van der Waals surface area contributed by atoms with Crippen LogP contribution in [0.2, 0.25) is 0 Å². The normalized spacial score (nSPS) is 19.8. The lowest BCUT2D eigenvalue weighted by Gasteiger charge is -2.20. The molecule has 1 aliphatic rings. The topological polar surface area (TPSA) is 23.6 Å². The molecule has 3 heteroatoms. The number of ketones is 1. The van der Waals surface area contributed by atoms with Crippen LogP contribution >= 0.6 is 0 Å². The highest BCUT2D eigenvalue weighted by Gasteiger charge is 2.21. The number of nitrogens with zero attached hydrogens (tertiary/aromatic N) is 2. The summed E-state index contributed by atoms with van der Waals surface area (Å²) in [4.78, 5) is 17.0. The lowest BCUT2D eigenvalue weighted by atomic mass is 10.0. The third-order valence-corrected chi connectivity index (χ3v) is 4.17. The molecule has 0 N–H and O–H groups in total. The molecule has 1 atom stereocenters. The van der Waals surface area contributed by atoms with Crippen molar-refractivity contribution >= 4 is 5.78 Å². The van der Waals surface area contributed by atoms with Gasteiger partial charge in [0.15, 0.2) is 5.78 Å². The van der Waals surface area contributed by atoms with Gasteiger partial charge in [-0.25, -0.2) is 0 Å². The van der Waals surface area contributed by atoms with Crippen LogP contribution in [0.15, 0.2) is 18.2 Å². The van der Waals surface area contributed by atoms with Crippen LogP contribution in [0, 0.1) is 19.8 Å². The summed E-state index contributed by atoms with van der Waals surface area (Å²) in [6.07, 6.45) is 1.25. The molecule has 1 unspecified atom stereocenters. The molecule has 3 nitrogen and oxygen atoms in total. The second kappa shape index (κ2) is 6.51. The largest absolute Gasteiger partial charge is 0.306 e. The Hall–Kier alpha value is -1.19. The van der Waals surface area contributed by atoms with Gasteiger partial charge in [-0.15, -0.1) is 0 Å². The highest BCUT2D eigenvalue weighted by molar-refractivity contribution is 5.99. The predicted octanol–water partition coefficient (Wildman–Crippen LogP) is 2.37. The molecule has 2 rings (SSSR count). The standard InChI is InChI=1S/C17H26N2O/c1-13-5-6-14(2)16(9-13)17(20)12-19(4)11-15-7-8-18(3)10-15/h5-6,9,15H,7-8,10-12H2,1-4H3. The fourth-order valence-corrected chi connectivity index (χ4v) is 3.05. The van der Waals surface area contributed by atoms with E-state index in [1.165, 1.54) is 13.0 Å². The Bertz CT molecular complexity index is 484. The fourth-order valence-electron chi connectivity index (χ4n) is 3.05. The molecule has 0 saturated carbocycles. The molecule has 0 bridgehead atoms. The van der Waals surface area contributed by atoms with Crippen molar-refractivity contribution in [3.05, 3.63) is 34.9 Å². The highest BCUT2D eigenvalue weighted by Crippen LogP contribution is 2.16. The van der Waals surface area contributed by atoms with Gasteiger partial charge in [-0.2, -0.15) is 0 Å². The zero-order valence-electron chi connectivity index (χ0n) is 13.1. The Balaban J connectivity index is 1.92. The zero-order valence-corrected chi connectivity index (χ0v) is 13.1. The smallest absolute Gasteiger partial charge is 0.177 e. The van der Waals surface area contributed by atoms with Crippen LogP contribution in [0.5, 0.6) is 0 Å².